The third-order valence-electron chi connectivity index (χ3n) is 6.50. The lowest BCUT2D eigenvalue weighted by atomic mass is 10.1. The zero-order valence-corrected chi connectivity index (χ0v) is 24.4. The van der Waals surface area contributed by atoms with E-state index in [0.29, 0.717) is 37.8 Å². The Balaban J connectivity index is 1.56. The molecule has 0 aliphatic heterocycles. The predicted octanol–water partition coefficient (Wildman–Crippen LogP) is 6.38. The summed E-state index contributed by atoms with van der Waals surface area (Å²) in [6.07, 6.45) is 0.494. The number of carboxylic acids is 1. The highest BCUT2D eigenvalue weighted by Crippen LogP contribution is 2.25. The molecule has 0 spiro atoms. The van der Waals surface area contributed by atoms with Gasteiger partial charge in [-0.2, -0.15) is 0 Å². The van der Waals surface area contributed by atoms with E-state index in [4.69, 9.17) is 18.9 Å². The van der Waals surface area contributed by atoms with Gasteiger partial charge in [0, 0.05) is 19.6 Å². The first-order valence-electron chi connectivity index (χ1n) is 14.1. The molecular formula is C33H41NO7. The largest absolute Gasteiger partial charge is 0.494 e. The number of hydrogen-bond acceptors (Lipinski definition) is 6. The first kappa shape index (κ1) is 31.5. The fourth-order valence-electron chi connectivity index (χ4n) is 4.51. The van der Waals surface area contributed by atoms with Crippen molar-refractivity contribution in [2.24, 2.45) is 0 Å². The van der Waals surface area contributed by atoms with E-state index < -0.39 is 18.2 Å². The highest BCUT2D eigenvalue weighted by atomic mass is 16.6. The molecule has 1 unspecified atom stereocenters. The SMILES string of the molecule is CCOC(Cc1ccc(OCCN(CCCCOc2ccccc2)C(=O)Oc2c(C)cc(C)cc2C)cc1)C(=O)O. The molecule has 0 radical (unpaired) electrons. The standard InChI is InChI=1S/C33H41NO7/c1-5-38-30(32(35)36)23-27-13-15-29(16-14-27)40-20-18-34(17-9-10-19-39-28-11-7-6-8-12-28)33(37)41-31-25(3)21-24(2)22-26(31)4/h6-8,11-16,21-22,30H,5,9-10,17-20,23H2,1-4H3,(H,35,36). The molecule has 0 heterocycles. The number of hydrogen-bond donors (Lipinski definition) is 1. The lowest BCUT2D eigenvalue weighted by Crippen LogP contribution is -2.38. The normalized spacial score (nSPS) is 11.5. The topological polar surface area (TPSA) is 94.5 Å². The van der Waals surface area contributed by atoms with Crippen LogP contribution in [0.1, 0.15) is 42.0 Å². The summed E-state index contributed by atoms with van der Waals surface area (Å²) in [6.45, 7) is 9.67. The van der Waals surface area contributed by atoms with Gasteiger partial charge in [0.05, 0.1) is 13.2 Å². The summed E-state index contributed by atoms with van der Waals surface area (Å²) in [5.74, 6) is 1.06. The summed E-state index contributed by atoms with van der Waals surface area (Å²) >= 11 is 0. The fourth-order valence-corrected chi connectivity index (χ4v) is 4.51. The molecule has 1 N–H and O–H groups in total. The molecule has 3 aromatic carbocycles. The van der Waals surface area contributed by atoms with Gasteiger partial charge >= 0.3 is 12.1 Å². The van der Waals surface area contributed by atoms with Gasteiger partial charge in [-0.15, -0.1) is 0 Å². The smallest absolute Gasteiger partial charge is 0.415 e. The Hall–Kier alpha value is -4.04. The number of aryl methyl sites for hydroxylation is 3. The molecular weight excluding hydrogens is 522 g/mol. The molecule has 0 aliphatic carbocycles. The van der Waals surface area contributed by atoms with Crippen LogP contribution < -0.4 is 14.2 Å². The minimum Gasteiger partial charge on any atom is -0.494 e. The Bertz CT molecular complexity index is 1220. The summed E-state index contributed by atoms with van der Waals surface area (Å²) in [5.41, 5.74) is 3.78. The maximum Gasteiger partial charge on any atom is 0.415 e. The van der Waals surface area contributed by atoms with Crippen LogP contribution in [0.4, 0.5) is 4.79 Å². The number of amides is 1. The maximum atomic E-state index is 13.2. The molecule has 220 valence electrons. The van der Waals surface area contributed by atoms with E-state index in [0.717, 1.165) is 40.8 Å². The summed E-state index contributed by atoms with van der Waals surface area (Å²) in [7, 11) is 0. The Morgan fingerprint density at radius 2 is 1.46 bits per heavy atom. The molecule has 1 atom stereocenters. The third-order valence-corrected chi connectivity index (χ3v) is 6.50. The minimum atomic E-state index is -0.984. The number of rotatable bonds is 16. The molecule has 0 saturated heterocycles. The number of aliphatic carboxylic acids is 1. The fraction of sp³-hybridized carbons (Fsp3) is 0.394. The molecule has 3 aromatic rings. The highest BCUT2D eigenvalue weighted by molar-refractivity contribution is 5.73. The van der Waals surface area contributed by atoms with Crippen LogP contribution in [0.5, 0.6) is 17.2 Å². The Kier molecular flexibility index (Phi) is 12.5. The van der Waals surface area contributed by atoms with Crippen LogP contribution in [0.15, 0.2) is 66.7 Å². The number of carbonyl (C=O) groups excluding carboxylic acids is 1. The van der Waals surface area contributed by atoms with Crippen LogP contribution in [0.2, 0.25) is 0 Å². The van der Waals surface area contributed by atoms with Crippen LogP contribution >= 0.6 is 0 Å². The van der Waals surface area contributed by atoms with Crippen molar-refractivity contribution in [2.45, 2.75) is 53.1 Å². The number of carbonyl (C=O) groups is 2. The summed E-state index contributed by atoms with van der Waals surface area (Å²) in [5, 5.41) is 9.31. The molecule has 0 bridgehead atoms. The zero-order chi connectivity index (χ0) is 29.6. The number of unbranched alkanes of at least 4 members (excludes halogenated alkanes) is 1. The first-order valence-corrected chi connectivity index (χ1v) is 14.1. The van der Waals surface area contributed by atoms with Crippen molar-refractivity contribution in [1.29, 1.82) is 0 Å². The highest BCUT2D eigenvalue weighted by Gasteiger charge is 2.19. The Labute approximate surface area is 242 Å². The molecule has 0 aliphatic rings. The molecule has 0 aromatic heterocycles. The lowest BCUT2D eigenvalue weighted by Gasteiger charge is -2.23. The molecule has 1 amide bonds. The lowest BCUT2D eigenvalue weighted by molar-refractivity contribution is -0.149. The van der Waals surface area contributed by atoms with Gasteiger partial charge in [0.25, 0.3) is 0 Å². The average molecular weight is 564 g/mol. The van der Waals surface area contributed by atoms with Crippen LogP contribution in [0.25, 0.3) is 0 Å². The number of para-hydroxylation sites is 1. The van der Waals surface area contributed by atoms with Crippen LogP contribution in [-0.4, -0.2) is 61.1 Å². The number of benzene rings is 3. The van der Waals surface area contributed by atoms with E-state index in [1.165, 1.54) is 0 Å². The van der Waals surface area contributed by atoms with Crippen molar-refractivity contribution >= 4 is 12.1 Å². The van der Waals surface area contributed by atoms with Gasteiger partial charge in [0.15, 0.2) is 6.10 Å². The van der Waals surface area contributed by atoms with Gasteiger partial charge in [0.2, 0.25) is 0 Å². The number of ether oxygens (including phenoxy) is 4. The van der Waals surface area contributed by atoms with E-state index in [-0.39, 0.29) is 13.0 Å². The van der Waals surface area contributed by atoms with Crippen molar-refractivity contribution in [3.8, 4) is 17.2 Å². The van der Waals surface area contributed by atoms with E-state index in [2.05, 4.69) is 0 Å². The number of carboxylic acid groups (broad SMARTS) is 1. The molecule has 8 nitrogen and oxygen atoms in total. The molecule has 41 heavy (non-hydrogen) atoms. The summed E-state index contributed by atoms with van der Waals surface area (Å²) in [6, 6.07) is 20.9. The van der Waals surface area contributed by atoms with Crippen LogP contribution in [-0.2, 0) is 16.0 Å². The van der Waals surface area contributed by atoms with E-state index in [1.807, 2.05) is 75.4 Å². The maximum absolute atomic E-state index is 13.2. The second-order valence-electron chi connectivity index (χ2n) is 9.93. The van der Waals surface area contributed by atoms with Gasteiger partial charge in [-0.3, -0.25) is 0 Å². The summed E-state index contributed by atoms with van der Waals surface area (Å²) < 4.78 is 22.9. The van der Waals surface area contributed by atoms with Crippen molar-refractivity contribution in [3.63, 3.8) is 0 Å². The predicted molar refractivity (Wildman–Crippen MR) is 158 cm³/mol. The van der Waals surface area contributed by atoms with Gasteiger partial charge in [0.1, 0.15) is 23.9 Å². The van der Waals surface area contributed by atoms with Gasteiger partial charge in [-0.25, -0.2) is 9.59 Å². The van der Waals surface area contributed by atoms with E-state index >= 15 is 0 Å². The van der Waals surface area contributed by atoms with Crippen LogP contribution in [0.3, 0.4) is 0 Å². The monoisotopic (exact) mass is 563 g/mol. The van der Waals surface area contributed by atoms with Crippen LogP contribution in [0, 0.1) is 20.8 Å². The van der Waals surface area contributed by atoms with Gasteiger partial charge in [-0.1, -0.05) is 48.0 Å². The average Bonchev–Trinajstić information content (AvgIpc) is 2.94. The van der Waals surface area contributed by atoms with Crippen molar-refractivity contribution < 1.29 is 33.6 Å². The molecule has 0 fully saturated rings. The van der Waals surface area contributed by atoms with Gasteiger partial charge in [-0.05, 0) is 81.5 Å². The minimum absolute atomic E-state index is 0.273. The number of nitrogens with zero attached hydrogens (tertiary/aromatic N) is 1. The summed E-state index contributed by atoms with van der Waals surface area (Å²) in [4.78, 5) is 26.3. The van der Waals surface area contributed by atoms with Crippen molar-refractivity contribution in [3.05, 3.63) is 89.0 Å². The second kappa shape index (κ2) is 16.3. The zero-order valence-electron chi connectivity index (χ0n) is 24.4. The molecule has 8 heteroatoms. The van der Waals surface area contributed by atoms with Crippen molar-refractivity contribution in [1.82, 2.24) is 4.90 Å². The van der Waals surface area contributed by atoms with Gasteiger partial charge < -0.3 is 29.0 Å². The van der Waals surface area contributed by atoms with Crippen molar-refractivity contribution in [2.75, 3.05) is 32.9 Å². The molecule has 3 rings (SSSR count). The van der Waals surface area contributed by atoms with E-state index in [1.54, 1.807) is 24.0 Å². The van der Waals surface area contributed by atoms with E-state index in [9.17, 15) is 14.7 Å². The quantitative estimate of drug-likeness (QED) is 0.202. The first-order chi connectivity index (χ1) is 19.8. The Morgan fingerprint density at radius 1 is 0.829 bits per heavy atom. The molecule has 0 saturated carbocycles. The third kappa shape index (κ3) is 10.5. The second-order valence-corrected chi connectivity index (χ2v) is 9.93. The Morgan fingerprint density at radius 3 is 2.10 bits per heavy atom.